The zero-order chi connectivity index (χ0) is 13.8. The maximum atomic E-state index is 11.5. The SMILES string of the molecule is C=CCN1CCN(c2cccc(C(C)=O)c2Cl)CC1. The highest BCUT2D eigenvalue weighted by atomic mass is 35.5. The van der Waals surface area contributed by atoms with E-state index in [1.807, 2.05) is 18.2 Å². The molecule has 0 aliphatic carbocycles. The van der Waals surface area contributed by atoms with Crippen molar-refractivity contribution < 1.29 is 4.79 Å². The highest BCUT2D eigenvalue weighted by Crippen LogP contribution is 2.30. The van der Waals surface area contributed by atoms with Crippen molar-refractivity contribution in [2.24, 2.45) is 0 Å². The van der Waals surface area contributed by atoms with Crippen molar-refractivity contribution in [2.75, 3.05) is 37.6 Å². The minimum Gasteiger partial charge on any atom is -0.368 e. The van der Waals surface area contributed by atoms with Crippen LogP contribution in [0, 0.1) is 0 Å². The van der Waals surface area contributed by atoms with Gasteiger partial charge >= 0.3 is 0 Å². The van der Waals surface area contributed by atoms with E-state index in [1.165, 1.54) is 0 Å². The van der Waals surface area contributed by atoms with Crippen molar-refractivity contribution in [3.05, 3.63) is 41.4 Å². The molecule has 1 aliphatic heterocycles. The standard InChI is InChI=1S/C15H19ClN2O/c1-3-7-17-8-10-18(11-9-17)14-6-4-5-13(12(2)19)15(14)16/h3-6H,1,7-11H2,2H3. The van der Waals surface area contributed by atoms with Gasteiger partial charge in [0.2, 0.25) is 0 Å². The lowest BCUT2D eigenvalue weighted by Crippen LogP contribution is -2.46. The van der Waals surface area contributed by atoms with Crippen LogP contribution in [0.25, 0.3) is 0 Å². The molecule has 0 saturated carbocycles. The second kappa shape index (κ2) is 6.22. The highest BCUT2D eigenvalue weighted by molar-refractivity contribution is 6.36. The molecular formula is C15H19ClN2O. The molecule has 1 aromatic rings. The quantitative estimate of drug-likeness (QED) is 0.625. The van der Waals surface area contributed by atoms with Gasteiger partial charge in [0.05, 0.1) is 10.7 Å². The number of carbonyl (C=O) groups excluding carboxylic acids is 1. The Morgan fingerprint density at radius 1 is 1.37 bits per heavy atom. The summed E-state index contributed by atoms with van der Waals surface area (Å²) in [6, 6.07) is 5.66. The number of nitrogens with zero attached hydrogens (tertiary/aromatic N) is 2. The second-order valence-corrected chi connectivity index (χ2v) is 5.15. The van der Waals surface area contributed by atoms with Gasteiger partial charge in [0.25, 0.3) is 0 Å². The molecule has 3 nitrogen and oxygen atoms in total. The Morgan fingerprint density at radius 3 is 2.63 bits per heavy atom. The molecule has 0 atom stereocenters. The van der Waals surface area contributed by atoms with Crippen molar-refractivity contribution in [3.8, 4) is 0 Å². The van der Waals surface area contributed by atoms with Crippen LogP contribution in [0.2, 0.25) is 5.02 Å². The summed E-state index contributed by atoms with van der Waals surface area (Å²) in [5.74, 6) is 0.0112. The lowest BCUT2D eigenvalue weighted by atomic mass is 10.1. The first kappa shape index (κ1) is 14.1. The molecule has 19 heavy (non-hydrogen) atoms. The van der Waals surface area contributed by atoms with Crippen LogP contribution in [0.1, 0.15) is 17.3 Å². The van der Waals surface area contributed by atoms with Crippen molar-refractivity contribution >= 4 is 23.1 Å². The molecule has 1 saturated heterocycles. The molecule has 0 bridgehead atoms. The summed E-state index contributed by atoms with van der Waals surface area (Å²) < 4.78 is 0. The van der Waals surface area contributed by atoms with Crippen LogP contribution in [0.15, 0.2) is 30.9 Å². The third kappa shape index (κ3) is 3.17. The fourth-order valence-electron chi connectivity index (χ4n) is 2.39. The number of halogens is 1. The molecule has 0 N–H and O–H groups in total. The Hall–Kier alpha value is -1.32. The molecule has 2 rings (SSSR count). The third-order valence-electron chi connectivity index (χ3n) is 3.46. The molecule has 0 unspecified atom stereocenters. The van der Waals surface area contributed by atoms with Gasteiger partial charge in [0, 0.05) is 38.3 Å². The first-order valence-electron chi connectivity index (χ1n) is 6.51. The molecule has 1 aliphatic rings. The fraction of sp³-hybridized carbons (Fsp3) is 0.400. The molecular weight excluding hydrogens is 260 g/mol. The lowest BCUT2D eigenvalue weighted by molar-refractivity contribution is 0.101. The smallest absolute Gasteiger partial charge is 0.161 e. The predicted molar refractivity (Wildman–Crippen MR) is 80.3 cm³/mol. The van der Waals surface area contributed by atoms with E-state index in [0.29, 0.717) is 10.6 Å². The van der Waals surface area contributed by atoms with Gasteiger partial charge in [-0.25, -0.2) is 0 Å². The second-order valence-electron chi connectivity index (χ2n) is 4.77. The van der Waals surface area contributed by atoms with Gasteiger partial charge in [-0.1, -0.05) is 23.7 Å². The van der Waals surface area contributed by atoms with E-state index in [-0.39, 0.29) is 5.78 Å². The van der Waals surface area contributed by atoms with Crippen molar-refractivity contribution in [1.29, 1.82) is 0 Å². The molecule has 0 radical (unpaired) electrons. The molecule has 1 fully saturated rings. The largest absolute Gasteiger partial charge is 0.368 e. The van der Waals surface area contributed by atoms with E-state index in [9.17, 15) is 4.79 Å². The monoisotopic (exact) mass is 278 g/mol. The molecule has 102 valence electrons. The number of anilines is 1. The van der Waals surface area contributed by atoms with E-state index in [4.69, 9.17) is 11.6 Å². The highest BCUT2D eigenvalue weighted by Gasteiger charge is 2.19. The summed E-state index contributed by atoms with van der Waals surface area (Å²) in [5.41, 5.74) is 1.57. The van der Waals surface area contributed by atoms with Crippen LogP contribution in [0.3, 0.4) is 0 Å². The average molecular weight is 279 g/mol. The maximum Gasteiger partial charge on any atom is 0.161 e. The number of hydrogen-bond donors (Lipinski definition) is 0. The zero-order valence-corrected chi connectivity index (χ0v) is 12.0. The Labute approximate surface area is 119 Å². The summed E-state index contributed by atoms with van der Waals surface area (Å²) in [7, 11) is 0. The lowest BCUT2D eigenvalue weighted by Gasteiger charge is -2.36. The summed E-state index contributed by atoms with van der Waals surface area (Å²) in [4.78, 5) is 16.1. The van der Waals surface area contributed by atoms with Gasteiger partial charge in [-0.3, -0.25) is 9.69 Å². The Balaban J connectivity index is 2.13. The van der Waals surface area contributed by atoms with E-state index < -0.39 is 0 Å². The minimum absolute atomic E-state index is 0.0112. The summed E-state index contributed by atoms with van der Waals surface area (Å²) in [5, 5.41) is 0.576. The van der Waals surface area contributed by atoms with Crippen molar-refractivity contribution in [1.82, 2.24) is 4.90 Å². The summed E-state index contributed by atoms with van der Waals surface area (Å²) >= 11 is 6.34. The number of hydrogen-bond acceptors (Lipinski definition) is 3. The number of ketones is 1. The van der Waals surface area contributed by atoms with Crippen LogP contribution in [0.4, 0.5) is 5.69 Å². The normalized spacial score (nSPS) is 16.4. The van der Waals surface area contributed by atoms with E-state index >= 15 is 0 Å². The van der Waals surface area contributed by atoms with E-state index in [1.54, 1.807) is 13.0 Å². The van der Waals surface area contributed by atoms with Crippen LogP contribution >= 0.6 is 11.6 Å². The molecule has 1 heterocycles. The number of benzene rings is 1. The van der Waals surface area contributed by atoms with Gasteiger partial charge in [0.15, 0.2) is 5.78 Å². The fourth-order valence-corrected chi connectivity index (χ4v) is 2.77. The molecule has 0 aromatic heterocycles. The molecule has 0 amide bonds. The number of carbonyl (C=O) groups is 1. The van der Waals surface area contributed by atoms with Crippen LogP contribution in [0.5, 0.6) is 0 Å². The third-order valence-corrected chi connectivity index (χ3v) is 3.86. The number of piperazine rings is 1. The van der Waals surface area contributed by atoms with Gasteiger partial charge in [-0.2, -0.15) is 0 Å². The average Bonchev–Trinajstić information content (AvgIpc) is 2.40. The zero-order valence-electron chi connectivity index (χ0n) is 11.2. The van der Waals surface area contributed by atoms with Gasteiger partial charge in [0.1, 0.15) is 0 Å². The van der Waals surface area contributed by atoms with Gasteiger partial charge in [-0.05, 0) is 19.1 Å². The minimum atomic E-state index is 0.0112. The Bertz CT molecular complexity index is 479. The maximum absolute atomic E-state index is 11.5. The molecule has 1 aromatic carbocycles. The number of Topliss-reactive ketones (excluding diaryl/α,β-unsaturated/α-hetero) is 1. The summed E-state index contributed by atoms with van der Waals surface area (Å²) in [6.07, 6.45) is 1.93. The van der Waals surface area contributed by atoms with Crippen LogP contribution < -0.4 is 4.90 Å². The van der Waals surface area contributed by atoms with Crippen LogP contribution in [-0.2, 0) is 0 Å². The predicted octanol–water partition coefficient (Wildman–Crippen LogP) is 2.85. The van der Waals surface area contributed by atoms with Crippen molar-refractivity contribution in [3.63, 3.8) is 0 Å². The summed E-state index contributed by atoms with van der Waals surface area (Å²) in [6.45, 7) is 10.1. The first-order valence-corrected chi connectivity index (χ1v) is 6.89. The molecule has 0 spiro atoms. The number of rotatable bonds is 4. The molecule has 4 heteroatoms. The van der Waals surface area contributed by atoms with E-state index in [0.717, 1.165) is 38.4 Å². The van der Waals surface area contributed by atoms with Crippen LogP contribution in [-0.4, -0.2) is 43.4 Å². The topological polar surface area (TPSA) is 23.6 Å². The van der Waals surface area contributed by atoms with Crippen molar-refractivity contribution in [2.45, 2.75) is 6.92 Å². The Morgan fingerprint density at radius 2 is 2.05 bits per heavy atom. The van der Waals surface area contributed by atoms with Gasteiger partial charge in [-0.15, -0.1) is 6.58 Å². The van der Waals surface area contributed by atoms with E-state index in [2.05, 4.69) is 16.4 Å². The Kier molecular flexibility index (Phi) is 4.61. The first-order chi connectivity index (χ1) is 9.13. The van der Waals surface area contributed by atoms with Gasteiger partial charge < -0.3 is 4.90 Å².